The molecule has 0 saturated carbocycles. The number of esters is 1. The van der Waals surface area contributed by atoms with Crippen molar-refractivity contribution >= 4 is 28.0 Å². The zero-order valence-corrected chi connectivity index (χ0v) is 13.2. The Morgan fingerprint density at radius 2 is 2.05 bits per heavy atom. The molecule has 1 aromatic carbocycles. The van der Waals surface area contributed by atoms with Crippen LogP contribution in [0.25, 0.3) is 6.08 Å². The predicted octanol–water partition coefficient (Wildman–Crippen LogP) is 3.57. The van der Waals surface area contributed by atoms with Crippen molar-refractivity contribution in [3.8, 4) is 11.5 Å². The van der Waals surface area contributed by atoms with Gasteiger partial charge in [0.2, 0.25) is 0 Å². The molecule has 2 aromatic rings. The number of rotatable bonds is 4. The lowest BCUT2D eigenvalue weighted by Gasteiger charge is -2.19. The summed E-state index contributed by atoms with van der Waals surface area (Å²) >= 11 is 3.44. The summed E-state index contributed by atoms with van der Waals surface area (Å²) in [4.78, 5) is 11.7. The molecular weight excluding hydrogens is 352 g/mol. The summed E-state index contributed by atoms with van der Waals surface area (Å²) in [5.41, 5.74) is 0.809. The average Bonchev–Trinajstić information content (AvgIpc) is 3.04. The SMILES string of the molecule is O=C(/C=C/c1ccco1)OCc1cc2c(cc1Br)OCCO2. The van der Waals surface area contributed by atoms with Crippen molar-refractivity contribution in [2.45, 2.75) is 6.61 Å². The van der Waals surface area contributed by atoms with Gasteiger partial charge in [-0.15, -0.1) is 0 Å². The second-order valence-corrected chi connectivity index (χ2v) is 5.40. The van der Waals surface area contributed by atoms with Gasteiger partial charge in [-0.3, -0.25) is 0 Å². The molecule has 0 radical (unpaired) electrons. The number of hydrogen-bond acceptors (Lipinski definition) is 5. The Morgan fingerprint density at radius 3 is 2.77 bits per heavy atom. The van der Waals surface area contributed by atoms with Crippen LogP contribution in [0.3, 0.4) is 0 Å². The Kier molecular flexibility index (Phi) is 4.48. The van der Waals surface area contributed by atoms with Gasteiger partial charge < -0.3 is 18.6 Å². The summed E-state index contributed by atoms with van der Waals surface area (Å²) in [6.07, 6.45) is 4.42. The molecule has 5 nitrogen and oxygen atoms in total. The topological polar surface area (TPSA) is 57.9 Å². The molecule has 114 valence electrons. The summed E-state index contributed by atoms with van der Waals surface area (Å²) in [6, 6.07) is 7.12. The molecule has 0 bridgehead atoms. The number of benzene rings is 1. The van der Waals surface area contributed by atoms with E-state index in [1.807, 2.05) is 12.1 Å². The maximum absolute atomic E-state index is 11.7. The van der Waals surface area contributed by atoms with Gasteiger partial charge in [-0.2, -0.15) is 0 Å². The lowest BCUT2D eigenvalue weighted by Crippen LogP contribution is -2.15. The van der Waals surface area contributed by atoms with Crippen molar-refractivity contribution in [2.24, 2.45) is 0 Å². The number of furan rings is 1. The Labute approximate surface area is 135 Å². The van der Waals surface area contributed by atoms with Crippen LogP contribution in [0.4, 0.5) is 0 Å². The van der Waals surface area contributed by atoms with Gasteiger partial charge >= 0.3 is 5.97 Å². The van der Waals surface area contributed by atoms with Crippen LogP contribution < -0.4 is 9.47 Å². The van der Waals surface area contributed by atoms with E-state index < -0.39 is 5.97 Å². The van der Waals surface area contributed by atoms with Crippen molar-refractivity contribution < 1.29 is 23.4 Å². The van der Waals surface area contributed by atoms with E-state index in [2.05, 4.69) is 15.9 Å². The average molecular weight is 365 g/mol. The molecule has 0 atom stereocenters. The van der Waals surface area contributed by atoms with Crippen LogP contribution in [0, 0.1) is 0 Å². The number of halogens is 1. The molecule has 1 aliphatic heterocycles. The van der Waals surface area contributed by atoms with Crippen molar-refractivity contribution in [3.05, 3.63) is 52.4 Å². The second-order valence-electron chi connectivity index (χ2n) is 4.54. The molecule has 0 N–H and O–H groups in total. The summed E-state index contributed by atoms with van der Waals surface area (Å²) in [6.45, 7) is 1.18. The standard InChI is InChI=1S/C16H13BrO5/c17-13-9-15-14(20-6-7-21-15)8-11(13)10-22-16(18)4-3-12-2-1-5-19-12/h1-5,8-9H,6-7,10H2/b4-3+. The highest BCUT2D eigenvalue weighted by atomic mass is 79.9. The maximum Gasteiger partial charge on any atom is 0.331 e. The van der Waals surface area contributed by atoms with E-state index in [-0.39, 0.29) is 6.61 Å². The van der Waals surface area contributed by atoms with Gasteiger partial charge in [0.05, 0.1) is 6.26 Å². The number of carbonyl (C=O) groups is 1. The summed E-state index contributed by atoms with van der Waals surface area (Å²) < 4.78 is 22.1. The van der Waals surface area contributed by atoms with E-state index in [0.717, 1.165) is 10.0 Å². The van der Waals surface area contributed by atoms with E-state index in [1.165, 1.54) is 12.3 Å². The Morgan fingerprint density at radius 1 is 1.27 bits per heavy atom. The fourth-order valence-corrected chi connectivity index (χ4v) is 2.39. The first kappa shape index (κ1) is 14.7. The first-order valence-corrected chi connectivity index (χ1v) is 7.48. The minimum atomic E-state index is -0.446. The molecule has 1 aromatic heterocycles. The third kappa shape index (κ3) is 3.51. The highest BCUT2D eigenvalue weighted by Gasteiger charge is 2.15. The molecule has 2 heterocycles. The van der Waals surface area contributed by atoms with Crippen molar-refractivity contribution in [1.82, 2.24) is 0 Å². The molecule has 1 aliphatic rings. The quantitative estimate of drug-likeness (QED) is 0.613. The van der Waals surface area contributed by atoms with Crippen LogP contribution in [0.5, 0.6) is 11.5 Å². The van der Waals surface area contributed by atoms with Crippen LogP contribution >= 0.6 is 15.9 Å². The van der Waals surface area contributed by atoms with Gasteiger partial charge in [-0.1, -0.05) is 15.9 Å². The Balaban J connectivity index is 1.62. The van der Waals surface area contributed by atoms with Gasteiger partial charge in [0.25, 0.3) is 0 Å². The zero-order valence-electron chi connectivity index (χ0n) is 11.6. The highest BCUT2D eigenvalue weighted by Crippen LogP contribution is 2.35. The van der Waals surface area contributed by atoms with Crippen molar-refractivity contribution in [2.75, 3.05) is 13.2 Å². The lowest BCUT2D eigenvalue weighted by atomic mass is 10.2. The molecule has 0 fully saturated rings. The van der Waals surface area contributed by atoms with E-state index in [0.29, 0.717) is 30.5 Å². The monoisotopic (exact) mass is 364 g/mol. The maximum atomic E-state index is 11.7. The minimum absolute atomic E-state index is 0.137. The van der Waals surface area contributed by atoms with Gasteiger partial charge in [0.15, 0.2) is 11.5 Å². The molecule has 0 saturated heterocycles. The summed E-state index contributed by atoms with van der Waals surface area (Å²) in [5.74, 6) is 1.49. The molecule has 22 heavy (non-hydrogen) atoms. The molecular formula is C16H13BrO5. The Bertz CT molecular complexity index is 691. The van der Waals surface area contributed by atoms with Crippen LogP contribution in [0.1, 0.15) is 11.3 Å². The van der Waals surface area contributed by atoms with Crippen LogP contribution in [0.15, 0.2) is 45.5 Å². The van der Waals surface area contributed by atoms with E-state index in [4.69, 9.17) is 18.6 Å². The van der Waals surface area contributed by atoms with E-state index in [9.17, 15) is 4.79 Å². The van der Waals surface area contributed by atoms with Gasteiger partial charge in [-0.25, -0.2) is 4.79 Å². The fraction of sp³-hybridized carbons (Fsp3) is 0.188. The third-order valence-corrected chi connectivity index (χ3v) is 3.75. The van der Waals surface area contributed by atoms with E-state index in [1.54, 1.807) is 18.2 Å². The Hall–Kier alpha value is -2.21. The number of ether oxygens (including phenoxy) is 3. The van der Waals surface area contributed by atoms with E-state index >= 15 is 0 Å². The van der Waals surface area contributed by atoms with Gasteiger partial charge in [0.1, 0.15) is 25.6 Å². The molecule has 0 aliphatic carbocycles. The van der Waals surface area contributed by atoms with Crippen LogP contribution in [-0.2, 0) is 16.1 Å². The number of carbonyl (C=O) groups excluding carboxylic acids is 1. The van der Waals surface area contributed by atoms with Crippen molar-refractivity contribution in [1.29, 1.82) is 0 Å². The zero-order chi connectivity index (χ0) is 15.4. The first-order chi connectivity index (χ1) is 10.7. The third-order valence-electron chi connectivity index (χ3n) is 3.01. The largest absolute Gasteiger partial charge is 0.486 e. The van der Waals surface area contributed by atoms with Crippen LogP contribution in [0.2, 0.25) is 0 Å². The molecule has 0 spiro atoms. The highest BCUT2D eigenvalue weighted by molar-refractivity contribution is 9.10. The molecule has 3 rings (SSSR count). The van der Waals surface area contributed by atoms with Gasteiger partial charge in [0, 0.05) is 16.1 Å². The van der Waals surface area contributed by atoms with Crippen LogP contribution in [-0.4, -0.2) is 19.2 Å². The van der Waals surface area contributed by atoms with Gasteiger partial charge in [-0.05, 0) is 30.3 Å². The number of fused-ring (bicyclic) bond motifs is 1. The minimum Gasteiger partial charge on any atom is -0.486 e. The van der Waals surface area contributed by atoms with Crippen molar-refractivity contribution in [3.63, 3.8) is 0 Å². The number of hydrogen-bond donors (Lipinski definition) is 0. The summed E-state index contributed by atoms with van der Waals surface area (Å²) in [5, 5.41) is 0. The fourth-order valence-electron chi connectivity index (χ4n) is 1.95. The first-order valence-electron chi connectivity index (χ1n) is 6.69. The summed E-state index contributed by atoms with van der Waals surface area (Å²) in [7, 11) is 0. The molecule has 0 amide bonds. The molecule has 0 unspecified atom stereocenters. The predicted molar refractivity (Wildman–Crippen MR) is 82.7 cm³/mol. The second kappa shape index (κ2) is 6.70. The molecule has 6 heteroatoms. The lowest BCUT2D eigenvalue weighted by molar-refractivity contribution is -0.138. The smallest absolute Gasteiger partial charge is 0.331 e. The normalized spacial score (nSPS) is 13.3.